The molecular weight excluding hydrogens is 170 g/mol. The molecule has 0 aromatic rings. The van der Waals surface area contributed by atoms with Gasteiger partial charge in [-0.05, 0) is 32.6 Å². The number of β-amino-alcohol motifs (C(OH)–C–C–N with tert-alkyl or cyclic N) is 1. The Hall–Kier alpha value is 0.270. The summed E-state index contributed by atoms with van der Waals surface area (Å²) in [7, 11) is 0. The highest BCUT2D eigenvalue weighted by atomic mass is 32.2. The van der Waals surface area contributed by atoms with Crippen molar-refractivity contribution in [2.45, 2.75) is 31.1 Å². The number of nitrogens with zero attached hydrogens (tertiary/aromatic N) is 1. The quantitative estimate of drug-likeness (QED) is 0.721. The van der Waals surface area contributed by atoms with Gasteiger partial charge in [0.1, 0.15) is 0 Å². The monoisotopic (exact) mass is 189 g/mol. The average molecular weight is 189 g/mol. The number of hydrogen-bond acceptors (Lipinski definition) is 3. The third-order valence-corrected chi connectivity index (χ3v) is 3.37. The second kappa shape index (κ2) is 5.10. The lowest BCUT2D eigenvalue weighted by Gasteiger charge is -2.32. The maximum atomic E-state index is 9.22. The molecule has 0 radical (unpaired) electrons. The molecule has 2 atom stereocenters. The van der Waals surface area contributed by atoms with Gasteiger partial charge in [0, 0.05) is 18.3 Å². The molecule has 0 aliphatic carbocycles. The van der Waals surface area contributed by atoms with Crippen LogP contribution in [0.5, 0.6) is 0 Å². The lowest BCUT2D eigenvalue weighted by atomic mass is 10.1. The van der Waals surface area contributed by atoms with Crippen molar-refractivity contribution in [2.24, 2.45) is 0 Å². The lowest BCUT2D eigenvalue weighted by Crippen LogP contribution is -2.40. The van der Waals surface area contributed by atoms with E-state index in [1.807, 2.05) is 18.7 Å². The van der Waals surface area contributed by atoms with Crippen LogP contribution in [0.25, 0.3) is 0 Å². The molecule has 1 heterocycles. The zero-order chi connectivity index (χ0) is 8.97. The van der Waals surface area contributed by atoms with Crippen LogP contribution >= 0.6 is 11.8 Å². The summed E-state index contributed by atoms with van der Waals surface area (Å²) in [6.07, 6.45) is 4.64. The number of piperidine rings is 1. The predicted molar refractivity (Wildman–Crippen MR) is 54.7 cm³/mol. The SMILES string of the molecule is CSC1CCCN(C[C@@H](C)O)C1. The summed E-state index contributed by atoms with van der Waals surface area (Å²) < 4.78 is 0. The third kappa shape index (κ3) is 3.33. The summed E-state index contributed by atoms with van der Waals surface area (Å²) in [5.41, 5.74) is 0. The Labute approximate surface area is 79.3 Å². The zero-order valence-corrected chi connectivity index (χ0v) is 8.81. The zero-order valence-electron chi connectivity index (χ0n) is 7.99. The lowest BCUT2D eigenvalue weighted by molar-refractivity contribution is 0.116. The van der Waals surface area contributed by atoms with Gasteiger partial charge in [-0.2, -0.15) is 11.8 Å². The molecule has 1 N–H and O–H groups in total. The molecule has 3 heteroatoms. The number of aliphatic hydroxyl groups is 1. The molecule has 12 heavy (non-hydrogen) atoms. The van der Waals surface area contributed by atoms with E-state index in [9.17, 15) is 5.11 Å². The van der Waals surface area contributed by atoms with Crippen LogP contribution in [-0.2, 0) is 0 Å². The predicted octanol–water partition coefficient (Wildman–Crippen LogP) is 1.19. The molecule has 2 nitrogen and oxygen atoms in total. The number of thioether (sulfide) groups is 1. The van der Waals surface area contributed by atoms with Gasteiger partial charge in [0.2, 0.25) is 0 Å². The van der Waals surface area contributed by atoms with E-state index >= 15 is 0 Å². The Morgan fingerprint density at radius 1 is 1.67 bits per heavy atom. The molecule has 72 valence electrons. The molecule has 0 amide bonds. The minimum Gasteiger partial charge on any atom is -0.392 e. The van der Waals surface area contributed by atoms with Crippen LogP contribution in [0.2, 0.25) is 0 Å². The first-order valence-electron chi connectivity index (χ1n) is 4.65. The third-order valence-electron chi connectivity index (χ3n) is 2.32. The van der Waals surface area contributed by atoms with Gasteiger partial charge in [-0.15, -0.1) is 0 Å². The fraction of sp³-hybridized carbons (Fsp3) is 1.00. The van der Waals surface area contributed by atoms with Crippen molar-refractivity contribution in [3.63, 3.8) is 0 Å². The van der Waals surface area contributed by atoms with Gasteiger partial charge in [-0.1, -0.05) is 0 Å². The Morgan fingerprint density at radius 3 is 3.00 bits per heavy atom. The molecule has 1 unspecified atom stereocenters. The van der Waals surface area contributed by atoms with Crippen LogP contribution in [0.4, 0.5) is 0 Å². The van der Waals surface area contributed by atoms with E-state index < -0.39 is 0 Å². The van der Waals surface area contributed by atoms with Crippen molar-refractivity contribution in [1.29, 1.82) is 0 Å². The van der Waals surface area contributed by atoms with Crippen LogP contribution in [0.15, 0.2) is 0 Å². The van der Waals surface area contributed by atoms with Gasteiger partial charge in [0.15, 0.2) is 0 Å². The summed E-state index contributed by atoms with van der Waals surface area (Å²) in [4.78, 5) is 2.37. The molecule has 1 aliphatic rings. The average Bonchev–Trinajstić information content (AvgIpc) is 2.03. The first kappa shape index (κ1) is 10.4. The van der Waals surface area contributed by atoms with E-state index in [1.54, 1.807) is 0 Å². The number of rotatable bonds is 3. The van der Waals surface area contributed by atoms with Crippen molar-refractivity contribution in [2.75, 3.05) is 25.9 Å². The van der Waals surface area contributed by atoms with E-state index in [0.717, 1.165) is 18.3 Å². The van der Waals surface area contributed by atoms with Gasteiger partial charge < -0.3 is 5.11 Å². The van der Waals surface area contributed by atoms with Crippen LogP contribution in [0.1, 0.15) is 19.8 Å². The van der Waals surface area contributed by atoms with E-state index in [0.29, 0.717) is 0 Å². The summed E-state index contributed by atoms with van der Waals surface area (Å²) in [6, 6.07) is 0. The van der Waals surface area contributed by atoms with Gasteiger partial charge >= 0.3 is 0 Å². The fourth-order valence-electron chi connectivity index (χ4n) is 1.75. The molecule has 1 rings (SSSR count). The van der Waals surface area contributed by atoms with Crippen molar-refractivity contribution >= 4 is 11.8 Å². The normalized spacial score (nSPS) is 28.8. The fourth-order valence-corrected chi connectivity index (χ4v) is 2.51. The van der Waals surface area contributed by atoms with Gasteiger partial charge in [0.25, 0.3) is 0 Å². The summed E-state index contributed by atoms with van der Waals surface area (Å²) >= 11 is 1.95. The second-order valence-electron chi connectivity index (χ2n) is 3.61. The molecule has 0 aromatic heterocycles. The Bertz CT molecular complexity index is 130. The molecule has 1 fully saturated rings. The summed E-state index contributed by atoms with van der Waals surface area (Å²) in [5.74, 6) is 0. The second-order valence-corrected chi connectivity index (χ2v) is 4.75. The first-order valence-corrected chi connectivity index (χ1v) is 5.94. The highest BCUT2D eigenvalue weighted by Crippen LogP contribution is 2.19. The first-order chi connectivity index (χ1) is 5.72. The van der Waals surface area contributed by atoms with Gasteiger partial charge in [0.05, 0.1) is 6.10 Å². The van der Waals surface area contributed by atoms with Crippen LogP contribution in [0, 0.1) is 0 Å². The maximum absolute atomic E-state index is 9.22. The highest BCUT2D eigenvalue weighted by Gasteiger charge is 2.19. The standard InChI is InChI=1S/C9H19NOS/c1-8(11)6-10-5-3-4-9(7-10)12-2/h8-9,11H,3-7H2,1-2H3/t8-,9?/m1/s1. The Balaban J connectivity index is 2.25. The largest absolute Gasteiger partial charge is 0.392 e. The topological polar surface area (TPSA) is 23.5 Å². The van der Waals surface area contributed by atoms with Crippen molar-refractivity contribution in [3.8, 4) is 0 Å². The summed E-state index contributed by atoms with van der Waals surface area (Å²) in [5, 5.41) is 10.0. The molecule has 0 aromatic carbocycles. The minimum absolute atomic E-state index is 0.175. The molecular formula is C9H19NOS. The number of likely N-dealkylation sites (tertiary alicyclic amines) is 1. The number of aliphatic hydroxyl groups excluding tert-OH is 1. The van der Waals surface area contributed by atoms with E-state index in [2.05, 4.69) is 11.2 Å². The smallest absolute Gasteiger partial charge is 0.0639 e. The maximum Gasteiger partial charge on any atom is 0.0639 e. The van der Waals surface area contributed by atoms with E-state index in [1.165, 1.54) is 19.4 Å². The van der Waals surface area contributed by atoms with Gasteiger partial charge in [-0.3, -0.25) is 4.90 Å². The Kier molecular flexibility index (Phi) is 4.40. The molecule has 1 aliphatic heterocycles. The van der Waals surface area contributed by atoms with Crippen LogP contribution < -0.4 is 0 Å². The van der Waals surface area contributed by atoms with Gasteiger partial charge in [-0.25, -0.2) is 0 Å². The number of hydrogen-bond donors (Lipinski definition) is 1. The molecule has 0 saturated carbocycles. The molecule has 0 spiro atoms. The minimum atomic E-state index is -0.175. The summed E-state index contributed by atoms with van der Waals surface area (Å²) in [6.45, 7) is 5.04. The Morgan fingerprint density at radius 2 is 2.42 bits per heavy atom. The molecule has 1 saturated heterocycles. The van der Waals surface area contributed by atoms with Crippen molar-refractivity contribution in [1.82, 2.24) is 4.90 Å². The van der Waals surface area contributed by atoms with Crippen LogP contribution in [0.3, 0.4) is 0 Å². The van der Waals surface area contributed by atoms with E-state index in [-0.39, 0.29) is 6.10 Å². The van der Waals surface area contributed by atoms with Crippen molar-refractivity contribution in [3.05, 3.63) is 0 Å². The molecule has 0 bridgehead atoms. The van der Waals surface area contributed by atoms with Crippen molar-refractivity contribution < 1.29 is 5.11 Å². The van der Waals surface area contributed by atoms with E-state index in [4.69, 9.17) is 0 Å². The highest BCUT2D eigenvalue weighted by molar-refractivity contribution is 7.99. The van der Waals surface area contributed by atoms with Crippen LogP contribution in [-0.4, -0.2) is 47.3 Å².